The molecule has 3 rings (SSSR count). The Bertz CT molecular complexity index is 468. The molecule has 0 aromatic carbocycles. The van der Waals surface area contributed by atoms with Gasteiger partial charge in [0.2, 0.25) is 5.88 Å². The smallest absolute Gasteiger partial charge is 0.234 e. The number of ether oxygens (including phenoxy) is 2. The van der Waals surface area contributed by atoms with Gasteiger partial charge in [-0.05, 0) is 20.9 Å². The molecule has 0 radical (unpaired) electrons. The normalized spacial score (nSPS) is 26.9. The van der Waals surface area contributed by atoms with Crippen LogP contribution in [0.15, 0.2) is 12.4 Å². The molecule has 1 aromatic rings. The maximum absolute atomic E-state index is 5.86. The Morgan fingerprint density at radius 3 is 2.95 bits per heavy atom. The van der Waals surface area contributed by atoms with Crippen molar-refractivity contribution < 1.29 is 9.47 Å². The molecule has 0 saturated carbocycles. The summed E-state index contributed by atoms with van der Waals surface area (Å²) in [5.74, 6) is 1.45. The molecule has 0 bridgehead atoms. The number of rotatable bonds is 3. The van der Waals surface area contributed by atoms with Gasteiger partial charge in [0.05, 0.1) is 37.3 Å². The Kier molecular flexibility index (Phi) is 3.76. The Morgan fingerprint density at radius 1 is 1.35 bits per heavy atom. The number of hydrogen-bond donors (Lipinski definition) is 0. The van der Waals surface area contributed by atoms with Crippen molar-refractivity contribution in [1.82, 2.24) is 14.9 Å². The van der Waals surface area contributed by atoms with E-state index in [1.165, 1.54) is 0 Å². The van der Waals surface area contributed by atoms with Crippen molar-refractivity contribution in [3.8, 4) is 5.88 Å². The Morgan fingerprint density at radius 2 is 2.20 bits per heavy atom. The third kappa shape index (κ3) is 2.71. The van der Waals surface area contributed by atoms with Gasteiger partial charge in [0.25, 0.3) is 0 Å². The van der Waals surface area contributed by atoms with E-state index in [0.717, 1.165) is 32.1 Å². The monoisotopic (exact) mass is 278 g/mol. The van der Waals surface area contributed by atoms with Crippen LogP contribution in [0.3, 0.4) is 0 Å². The summed E-state index contributed by atoms with van der Waals surface area (Å²) in [5.41, 5.74) is 0. The highest BCUT2D eigenvalue weighted by Gasteiger charge is 2.39. The molecule has 2 atom stereocenters. The van der Waals surface area contributed by atoms with Crippen LogP contribution in [-0.4, -0.2) is 66.4 Å². The first-order valence-corrected chi connectivity index (χ1v) is 7.19. The van der Waals surface area contributed by atoms with Gasteiger partial charge in [-0.25, -0.2) is 0 Å². The largest absolute Gasteiger partial charge is 0.474 e. The summed E-state index contributed by atoms with van der Waals surface area (Å²) in [7, 11) is 2.16. The van der Waals surface area contributed by atoms with E-state index in [1.807, 2.05) is 13.8 Å². The van der Waals surface area contributed by atoms with Crippen molar-refractivity contribution in [3.05, 3.63) is 12.4 Å². The minimum Gasteiger partial charge on any atom is -0.474 e. The summed E-state index contributed by atoms with van der Waals surface area (Å²) >= 11 is 0. The Hall–Kier alpha value is -1.40. The molecular weight excluding hydrogens is 256 g/mol. The zero-order chi connectivity index (χ0) is 14.1. The molecule has 2 saturated heterocycles. The average Bonchev–Trinajstić information content (AvgIpc) is 2.84. The minimum absolute atomic E-state index is 0.107. The van der Waals surface area contributed by atoms with Crippen LogP contribution in [0.4, 0.5) is 5.82 Å². The maximum Gasteiger partial charge on any atom is 0.234 e. The average molecular weight is 278 g/mol. The van der Waals surface area contributed by atoms with Gasteiger partial charge in [0.15, 0.2) is 5.82 Å². The molecule has 0 spiro atoms. The lowest BCUT2D eigenvalue weighted by molar-refractivity contribution is -0.0362. The standard InChI is InChI=1S/C14H22N4O2/c1-10(2)20-14-7-15-6-13(16-14)18-8-11-12(9-18)19-5-4-17(11)3/h6-7,10-12H,4-5,8-9H2,1-3H3. The predicted molar refractivity (Wildman–Crippen MR) is 76.2 cm³/mol. The van der Waals surface area contributed by atoms with Gasteiger partial charge >= 0.3 is 0 Å². The molecular formula is C14H22N4O2. The Balaban J connectivity index is 1.74. The van der Waals surface area contributed by atoms with Gasteiger partial charge in [-0.2, -0.15) is 4.98 Å². The van der Waals surface area contributed by atoms with Gasteiger partial charge in [-0.15, -0.1) is 0 Å². The van der Waals surface area contributed by atoms with E-state index in [1.54, 1.807) is 12.4 Å². The van der Waals surface area contributed by atoms with Crippen LogP contribution in [0.25, 0.3) is 0 Å². The number of likely N-dealkylation sites (N-methyl/N-ethyl adjacent to an activating group) is 1. The van der Waals surface area contributed by atoms with E-state index in [-0.39, 0.29) is 12.2 Å². The Labute approximate surface area is 119 Å². The molecule has 2 aliphatic rings. The van der Waals surface area contributed by atoms with Gasteiger partial charge in [0.1, 0.15) is 0 Å². The molecule has 6 heteroatoms. The van der Waals surface area contributed by atoms with Crippen molar-refractivity contribution in [3.63, 3.8) is 0 Å². The molecule has 2 fully saturated rings. The lowest BCUT2D eigenvalue weighted by atomic mass is 10.1. The number of nitrogens with zero attached hydrogens (tertiary/aromatic N) is 4. The lowest BCUT2D eigenvalue weighted by Crippen LogP contribution is -2.48. The van der Waals surface area contributed by atoms with Crippen LogP contribution in [0.2, 0.25) is 0 Å². The highest BCUT2D eigenvalue weighted by Crippen LogP contribution is 2.26. The number of fused-ring (bicyclic) bond motifs is 1. The minimum atomic E-state index is 0.107. The first-order chi connectivity index (χ1) is 9.63. The van der Waals surface area contributed by atoms with E-state index in [2.05, 4.69) is 26.8 Å². The molecule has 0 aliphatic carbocycles. The second-order valence-electron chi connectivity index (χ2n) is 5.74. The molecule has 1 aromatic heterocycles. The van der Waals surface area contributed by atoms with E-state index < -0.39 is 0 Å². The van der Waals surface area contributed by atoms with Crippen molar-refractivity contribution in [2.24, 2.45) is 0 Å². The summed E-state index contributed by atoms with van der Waals surface area (Å²) in [5, 5.41) is 0. The van der Waals surface area contributed by atoms with Crippen molar-refractivity contribution in [1.29, 1.82) is 0 Å². The van der Waals surface area contributed by atoms with E-state index in [0.29, 0.717) is 11.9 Å². The van der Waals surface area contributed by atoms with E-state index >= 15 is 0 Å². The molecule has 2 aliphatic heterocycles. The second-order valence-corrected chi connectivity index (χ2v) is 5.74. The van der Waals surface area contributed by atoms with Crippen LogP contribution in [0.5, 0.6) is 5.88 Å². The van der Waals surface area contributed by atoms with E-state index in [4.69, 9.17) is 9.47 Å². The summed E-state index contributed by atoms with van der Waals surface area (Å²) in [6, 6.07) is 0.445. The van der Waals surface area contributed by atoms with Crippen molar-refractivity contribution in [2.75, 3.05) is 38.2 Å². The number of aromatic nitrogens is 2. The van der Waals surface area contributed by atoms with Crippen molar-refractivity contribution in [2.45, 2.75) is 32.1 Å². The molecule has 2 unspecified atom stereocenters. The topological polar surface area (TPSA) is 50.7 Å². The van der Waals surface area contributed by atoms with Crippen LogP contribution >= 0.6 is 0 Å². The van der Waals surface area contributed by atoms with Gasteiger partial charge in [0, 0.05) is 19.6 Å². The quantitative estimate of drug-likeness (QED) is 0.814. The first-order valence-electron chi connectivity index (χ1n) is 7.19. The van der Waals surface area contributed by atoms with Crippen molar-refractivity contribution >= 4 is 5.82 Å². The molecule has 3 heterocycles. The summed E-state index contributed by atoms with van der Waals surface area (Å²) in [6.45, 7) is 7.59. The van der Waals surface area contributed by atoms with E-state index in [9.17, 15) is 0 Å². The fourth-order valence-corrected chi connectivity index (χ4v) is 2.83. The van der Waals surface area contributed by atoms with Crippen LogP contribution in [0, 0.1) is 0 Å². The van der Waals surface area contributed by atoms with Crippen LogP contribution < -0.4 is 9.64 Å². The third-order valence-corrected chi connectivity index (χ3v) is 3.86. The van der Waals surface area contributed by atoms with Gasteiger partial charge < -0.3 is 14.4 Å². The highest BCUT2D eigenvalue weighted by atomic mass is 16.5. The fourth-order valence-electron chi connectivity index (χ4n) is 2.83. The first kappa shape index (κ1) is 13.6. The highest BCUT2D eigenvalue weighted by molar-refractivity contribution is 5.40. The summed E-state index contributed by atoms with van der Waals surface area (Å²) in [4.78, 5) is 13.4. The summed E-state index contributed by atoms with van der Waals surface area (Å²) < 4.78 is 11.5. The summed E-state index contributed by atoms with van der Waals surface area (Å²) in [6.07, 6.45) is 3.83. The number of hydrogen-bond acceptors (Lipinski definition) is 6. The second kappa shape index (κ2) is 5.54. The number of anilines is 1. The third-order valence-electron chi connectivity index (χ3n) is 3.86. The molecule has 20 heavy (non-hydrogen) atoms. The van der Waals surface area contributed by atoms with Gasteiger partial charge in [-0.3, -0.25) is 9.88 Å². The fraction of sp³-hybridized carbons (Fsp3) is 0.714. The molecule has 0 N–H and O–H groups in total. The zero-order valence-electron chi connectivity index (χ0n) is 12.3. The lowest BCUT2D eigenvalue weighted by Gasteiger charge is -2.33. The maximum atomic E-state index is 5.86. The van der Waals surface area contributed by atoms with Crippen LogP contribution in [0.1, 0.15) is 13.8 Å². The predicted octanol–water partition coefficient (Wildman–Crippen LogP) is 0.783. The zero-order valence-corrected chi connectivity index (χ0v) is 12.3. The molecule has 6 nitrogen and oxygen atoms in total. The van der Waals surface area contributed by atoms with Crippen LogP contribution in [-0.2, 0) is 4.74 Å². The van der Waals surface area contributed by atoms with Gasteiger partial charge in [-0.1, -0.05) is 0 Å². The molecule has 110 valence electrons. The number of morpholine rings is 1. The molecule has 0 amide bonds. The SMILES string of the molecule is CC(C)Oc1cncc(N2CC3OCCN(C)C3C2)n1.